The van der Waals surface area contributed by atoms with Gasteiger partial charge in [0, 0.05) is 12.5 Å². The zero-order valence-corrected chi connectivity index (χ0v) is 14.8. The maximum Gasteiger partial charge on any atom is 0.239 e. The number of hydrogen-bond donors (Lipinski definition) is 2. The summed E-state index contributed by atoms with van der Waals surface area (Å²) in [5, 5.41) is 5.71. The Morgan fingerprint density at radius 2 is 1.75 bits per heavy atom. The van der Waals surface area contributed by atoms with E-state index < -0.39 is 0 Å². The minimum absolute atomic E-state index is 0.0251. The van der Waals surface area contributed by atoms with Crippen LogP contribution in [0.3, 0.4) is 0 Å². The van der Waals surface area contributed by atoms with Crippen molar-refractivity contribution in [3.8, 4) is 0 Å². The van der Waals surface area contributed by atoms with E-state index >= 15 is 0 Å². The molecule has 24 heavy (non-hydrogen) atoms. The summed E-state index contributed by atoms with van der Waals surface area (Å²) in [5.41, 5.74) is 1.16. The molecule has 2 rings (SSSR count). The Kier molecular flexibility index (Phi) is 7.25. The molecule has 1 aliphatic carbocycles. The van der Waals surface area contributed by atoms with E-state index in [1.54, 1.807) is 0 Å². The molecule has 0 bridgehead atoms. The molecule has 1 aromatic carbocycles. The van der Waals surface area contributed by atoms with Crippen LogP contribution in [0.15, 0.2) is 30.3 Å². The lowest BCUT2D eigenvalue weighted by atomic mass is 9.89. The van der Waals surface area contributed by atoms with Crippen molar-refractivity contribution in [1.29, 1.82) is 0 Å². The molecular weight excluding hydrogens is 302 g/mol. The summed E-state index contributed by atoms with van der Waals surface area (Å²) in [6, 6.07) is 10.2. The predicted molar refractivity (Wildman–Crippen MR) is 95.5 cm³/mol. The smallest absolute Gasteiger partial charge is 0.239 e. The van der Waals surface area contributed by atoms with Gasteiger partial charge in [0.25, 0.3) is 0 Å². The molecule has 1 aromatic rings. The lowest BCUT2D eigenvalue weighted by Gasteiger charge is -2.25. The van der Waals surface area contributed by atoms with Gasteiger partial charge in [0.15, 0.2) is 0 Å². The second-order valence-electron chi connectivity index (χ2n) is 6.75. The van der Waals surface area contributed by atoms with Crippen LogP contribution in [0.4, 0.5) is 0 Å². The molecule has 5 nitrogen and oxygen atoms in total. The SMILES string of the molecule is CN(C)[C@@H](CNC(=O)CNC(=O)C1CCCCC1)c1ccccc1. The number of carbonyl (C=O) groups excluding carboxylic acids is 2. The first kappa shape index (κ1) is 18.5. The molecule has 0 aromatic heterocycles. The number of hydrogen-bond acceptors (Lipinski definition) is 3. The molecule has 2 N–H and O–H groups in total. The summed E-state index contributed by atoms with van der Waals surface area (Å²) in [7, 11) is 3.99. The van der Waals surface area contributed by atoms with Crippen LogP contribution < -0.4 is 10.6 Å². The Balaban J connectivity index is 1.76. The van der Waals surface area contributed by atoms with E-state index in [2.05, 4.69) is 27.7 Å². The summed E-state index contributed by atoms with van der Waals surface area (Å²) >= 11 is 0. The average molecular weight is 331 g/mol. The topological polar surface area (TPSA) is 61.4 Å². The van der Waals surface area contributed by atoms with Gasteiger partial charge in [0.2, 0.25) is 11.8 Å². The van der Waals surface area contributed by atoms with Crippen LogP contribution in [-0.2, 0) is 9.59 Å². The van der Waals surface area contributed by atoms with Crippen molar-refractivity contribution in [3.05, 3.63) is 35.9 Å². The first-order valence-electron chi connectivity index (χ1n) is 8.83. The molecule has 2 amide bonds. The second-order valence-corrected chi connectivity index (χ2v) is 6.75. The molecule has 0 aliphatic heterocycles. The zero-order chi connectivity index (χ0) is 17.4. The van der Waals surface area contributed by atoms with Gasteiger partial charge in [0.05, 0.1) is 12.6 Å². The van der Waals surface area contributed by atoms with E-state index in [1.165, 1.54) is 6.42 Å². The number of likely N-dealkylation sites (N-methyl/N-ethyl adjacent to an activating group) is 1. The van der Waals surface area contributed by atoms with E-state index in [0.717, 1.165) is 31.2 Å². The van der Waals surface area contributed by atoms with Crippen LogP contribution >= 0.6 is 0 Å². The lowest BCUT2D eigenvalue weighted by molar-refractivity contribution is -0.129. The molecule has 0 saturated heterocycles. The highest BCUT2D eigenvalue weighted by atomic mass is 16.2. The average Bonchev–Trinajstić information content (AvgIpc) is 2.61. The fourth-order valence-corrected chi connectivity index (χ4v) is 3.22. The van der Waals surface area contributed by atoms with Gasteiger partial charge >= 0.3 is 0 Å². The van der Waals surface area contributed by atoms with Crippen molar-refractivity contribution in [1.82, 2.24) is 15.5 Å². The molecule has 132 valence electrons. The highest BCUT2D eigenvalue weighted by molar-refractivity contribution is 5.85. The van der Waals surface area contributed by atoms with Gasteiger partial charge in [-0.3, -0.25) is 9.59 Å². The third kappa shape index (κ3) is 5.64. The molecule has 1 atom stereocenters. The van der Waals surface area contributed by atoms with Gasteiger partial charge in [-0.05, 0) is 32.5 Å². The fourth-order valence-electron chi connectivity index (χ4n) is 3.22. The third-order valence-electron chi connectivity index (χ3n) is 4.70. The van der Waals surface area contributed by atoms with Crippen LogP contribution in [0.2, 0.25) is 0 Å². The van der Waals surface area contributed by atoms with Crippen LogP contribution in [-0.4, -0.2) is 43.9 Å². The molecule has 1 saturated carbocycles. The number of rotatable bonds is 7. The minimum Gasteiger partial charge on any atom is -0.353 e. The number of benzene rings is 1. The van der Waals surface area contributed by atoms with Gasteiger partial charge in [-0.15, -0.1) is 0 Å². The molecule has 5 heteroatoms. The van der Waals surface area contributed by atoms with Crippen LogP contribution in [0.25, 0.3) is 0 Å². The van der Waals surface area contributed by atoms with Crippen molar-refractivity contribution < 1.29 is 9.59 Å². The second kappa shape index (κ2) is 9.42. The van der Waals surface area contributed by atoms with Gasteiger partial charge in [-0.1, -0.05) is 49.6 Å². The first-order valence-corrected chi connectivity index (χ1v) is 8.83. The zero-order valence-electron chi connectivity index (χ0n) is 14.8. The number of nitrogens with one attached hydrogen (secondary N) is 2. The predicted octanol–water partition coefficient (Wildman–Crippen LogP) is 2.10. The standard InChI is InChI=1S/C19H29N3O2/c1-22(2)17(15-9-5-3-6-10-15)13-20-18(23)14-21-19(24)16-11-7-4-8-12-16/h3,5-6,9-10,16-17H,4,7-8,11-14H2,1-2H3,(H,20,23)(H,21,24)/t17-/m0/s1. The summed E-state index contributed by atoms with van der Waals surface area (Å²) in [4.78, 5) is 26.2. The Morgan fingerprint density at radius 1 is 1.08 bits per heavy atom. The maximum absolute atomic E-state index is 12.1. The van der Waals surface area contributed by atoms with Crippen molar-refractivity contribution in [3.63, 3.8) is 0 Å². The molecule has 0 radical (unpaired) electrons. The minimum atomic E-state index is -0.137. The fraction of sp³-hybridized carbons (Fsp3) is 0.579. The number of amides is 2. The van der Waals surface area contributed by atoms with Gasteiger partial charge < -0.3 is 15.5 Å². The van der Waals surface area contributed by atoms with Crippen molar-refractivity contribution >= 4 is 11.8 Å². The van der Waals surface area contributed by atoms with Crippen LogP contribution in [0.1, 0.15) is 43.7 Å². The summed E-state index contributed by atoms with van der Waals surface area (Å²) < 4.78 is 0. The Morgan fingerprint density at radius 3 is 2.38 bits per heavy atom. The van der Waals surface area contributed by atoms with E-state index in [4.69, 9.17) is 0 Å². The largest absolute Gasteiger partial charge is 0.353 e. The van der Waals surface area contributed by atoms with Gasteiger partial charge in [-0.25, -0.2) is 0 Å². The molecule has 0 unspecified atom stereocenters. The first-order chi connectivity index (χ1) is 11.6. The molecule has 1 aliphatic rings. The highest BCUT2D eigenvalue weighted by Crippen LogP contribution is 2.23. The molecular formula is C19H29N3O2. The summed E-state index contributed by atoms with van der Waals surface area (Å²) in [6.07, 6.45) is 5.35. The Bertz CT molecular complexity index is 525. The van der Waals surface area contributed by atoms with Crippen molar-refractivity contribution in [2.45, 2.75) is 38.1 Å². The summed E-state index contributed by atoms with van der Waals surface area (Å²) in [5.74, 6) is -0.0237. The Labute approximate surface area is 144 Å². The van der Waals surface area contributed by atoms with Crippen LogP contribution in [0.5, 0.6) is 0 Å². The normalized spacial score (nSPS) is 16.6. The molecule has 0 spiro atoms. The van der Waals surface area contributed by atoms with Gasteiger partial charge in [-0.2, -0.15) is 0 Å². The number of nitrogens with zero attached hydrogens (tertiary/aromatic N) is 1. The third-order valence-corrected chi connectivity index (χ3v) is 4.70. The van der Waals surface area contributed by atoms with E-state index in [0.29, 0.717) is 6.54 Å². The molecule has 1 fully saturated rings. The molecule has 0 heterocycles. The highest BCUT2D eigenvalue weighted by Gasteiger charge is 2.21. The Hall–Kier alpha value is -1.88. The van der Waals surface area contributed by atoms with E-state index in [1.807, 2.05) is 32.3 Å². The van der Waals surface area contributed by atoms with Crippen molar-refractivity contribution in [2.24, 2.45) is 5.92 Å². The van der Waals surface area contributed by atoms with Crippen molar-refractivity contribution in [2.75, 3.05) is 27.2 Å². The lowest BCUT2D eigenvalue weighted by Crippen LogP contribution is -2.42. The monoisotopic (exact) mass is 331 g/mol. The summed E-state index contributed by atoms with van der Waals surface area (Å²) in [6.45, 7) is 0.583. The maximum atomic E-state index is 12.1. The number of carbonyl (C=O) groups is 2. The van der Waals surface area contributed by atoms with Crippen LogP contribution in [0, 0.1) is 5.92 Å². The van der Waals surface area contributed by atoms with E-state index in [9.17, 15) is 9.59 Å². The van der Waals surface area contributed by atoms with Gasteiger partial charge in [0.1, 0.15) is 0 Å². The van der Waals surface area contributed by atoms with E-state index in [-0.39, 0.29) is 30.3 Å². The quantitative estimate of drug-likeness (QED) is 0.804.